The average Bonchev–Trinajstić information content (AvgIpc) is 2.46. The summed E-state index contributed by atoms with van der Waals surface area (Å²) in [5.74, 6) is 1.11. The summed E-state index contributed by atoms with van der Waals surface area (Å²) in [5, 5.41) is 3.39. The van der Waals surface area contributed by atoms with Gasteiger partial charge in [-0.25, -0.2) is 0 Å². The van der Waals surface area contributed by atoms with Crippen LogP contribution in [0.3, 0.4) is 0 Å². The molecule has 9 heavy (non-hydrogen) atoms. The Morgan fingerprint density at radius 1 is 1.56 bits per heavy atom. The molecule has 1 N–H and O–H groups in total. The Morgan fingerprint density at radius 3 is 3.11 bits per heavy atom. The largest absolute Gasteiger partial charge is 0.304 e. The van der Waals surface area contributed by atoms with Crippen LogP contribution >= 0.6 is 0 Å². The van der Waals surface area contributed by atoms with E-state index in [-0.39, 0.29) is 0 Å². The Labute approximate surface area is 55.2 Å². The number of nitrogens with zero attached hydrogens (tertiary/aromatic N) is 1. The quantitative estimate of drug-likeness (QED) is 0.489. The van der Waals surface area contributed by atoms with Crippen LogP contribution in [0.2, 0.25) is 0 Å². The van der Waals surface area contributed by atoms with Crippen molar-refractivity contribution in [2.75, 3.05) is 19.8 Å². The van der Waals surface area contributed by atoms with Crippen LogP contribution in [0.5, 0.6) is 0 Å². The molecule has 0 bridgehead atoms. The molecule has 3 aliphatic rings. The summed E-state index contributed by atoms with van der Waals surface area (Å²) in [5.41, 5.74) is 0.755. The second-order valence-corrected chi connectivity index (χ2v) is 3.64. The molecule has 50 valence electrons. The Hall–Kier alpha value is -0.0800. The van der Waals surface area contributed by atoms with Crippen LogP contribution in [0, 0.1) is 5.92 Å². The molecule has 2 aliphatic heterocycles. The molecule has 1 aliphatic carbocycles. The molecule has 3 rings (SSSR count). The summed E-state index contributed by atoms with van der Waals surface area (Å²) in [7, 11) is 0. The van der Waals surface area contributed by atoms with E-state index in [1.54, 1.807) is 0 Å². The lowest BCUT2D eigenvalue weighted by molar-refractivity contribution is 0.0344. The topological polar surface area (TPSA) is 15.3 Å². The molecular formula is C7H12N2. The summed E-state index contributed by atoms with van der Waals surface area (Å²) in [6, 6.07) is 0. The van der Waals surface area contributed by atoms with Gasteiger partial charge < -0.3 is 5.32 Å². The standard InChI is InChI=1S/C7H12N2/c1-2-8-5-9-4-6-3-7(1,6)9/h6,8H,1-5H2. The molecule has 2 atom stereocenters. The van der Waals surface area contributed by atoms with Crippen molar-refractivity contribution in [2.45, 2.75) is 18.4 Å². The summed E-state index contributed by atoms with van der Waals surface area (Å²) < 4.78 is 0. The molecule has 0 aromatic rings. The highest BCUT2D eigenvalue weighted by Gasteiger charge is 2.66. The summed E-state index contributed by atoms with van der Waals surface area (Å²) >= 11 is 0. The molecule has 0 aromatic carbocycles. The Kier molecular flexibility index (Phi) is 0.616. The fourth-order valence-corrected chi connectivity index (χ4v) is 2.53. The molecule has 2 heterocycles. The third-order valence-electron chi connectivity index (χ3n) is 3.31. The lowest BCUT2D eigenvalue weighted by Gasteiger charge is -2.44. The predicted octanol–water partition coefficient (Wildman–Crippen LogP) is 0.0115. The van der Waals surface area contributed by atoms with E-state index >= 15 is 0 Å². The van der Waals surface area contributed by atoms with Crippen molar-refractivity contribution in [2.24, 2.45) is 5.92 Å². The first kappa shape index (κ1) is 4.69. The second kappa shape index (κ2) is 1.18. The van der Waals surface area contributed by atoms with Gasteiger partial charge >= 0.3 is 0 Å². The first-order chi connectivity index (χ1) is 4.42. The van der Waals surface area contributed by atoms with Crippen LogP contribution in [0.25, 0.3) is 0 Å². The Morgan fingerprint density at radius 2 is 2.56 bits per heavy atom. The monoisotopic (exact) mass is 124 g/mol. The molecule has 2 heteroatoms. The SMILES string of the molecule is C1CC23CC2CN3CN1. The highest BCUT2D eigenvalue weighted by molar-refractivity contribution is 5.21. The van der Waals surface area contributed by atoms with E-state index in [0.717, 1.165) is 18.1 Å². The third-order valence-corrected chi connectivity index (χ3v) is 3.31. The van der Waals surface area contributed by atoms with Crippen LogP contribution in [0.15, 0.2) is 0 Å². The van der Waals surface area contributed by atoms with Gasteiger partial charge in [0.25, 0.3) is 0 Å². The van der Waals surface area contributed by atoms with Crippen molar-refractivity contribution in [3.63, 3.8) is 0 Å². The van der Waals surface area contributed by atoms with Gasteiger partial charge in [0.15, 0.2) is 0 Å². The highest BCUT2D eigenvalue weighted by Crippen LogP contribution is 2.60. The number of nitrogens with one attached hydrogen (secondary N) is 1. The zero-order valence-electron chi connectivity index (χ0n) is 5.56. The van der Waals surface area contributed by atoms with Gasteiger partial charge in [-0.3, -0.25) is 4.90 Å². The minimum absolute atomic E-state index is 0.755. The molecule has 0 radical (unpaired) electrons. The normalized spacial score (nSPS) is 55.3. The van der Waals surface area contributed by atoms with E-state index in [0.29, 0.717) is 0 Å². The Bertz CT molecular complexity index is 155. The number of rotatable bonds is 0. The minimum atomic E-state index is 0.755. The van der Waals surface area contributed by atoms with E-state index in [9.17, 15) is 0 Å². The molecule has 0 amide bonds. The molecule has 1 saturated carbocycles. The van der Waals surface area contributed by atoms with Crippen molar-refractivity contribution in [3.8, 4) is 0 Å². The average molecular weight is 124 g/mol. The first-order valence-electron chi connectivity index (χ1n) is 3.88. The van der Waals surface area contributed by atoms with Crippen molar-refractivity contribution in [3.05, 3.63) is 0 Å². The van der Waals surface area contributed by atoms with Gasteiger partial charge in [0.2, 0.25) is 0 Å². The Balaban J connectivity index is 1.87. The van der Waals surface area contributed by atoms with Crippen LogP contribution in [-0.4, -0.2) is 30.2 Å². The molecule has 2 nitrogen and oxygen atoms in total. The fourth-order valence-electron chi connectivity index (χ4n) is 2.53. The first-order valence-corrected chi connectivity index (χ1v) is 3.88. The van der Waals surface area contributed by atoms with Crippen molar-refractivity contribution in [1.29, 1.82) is 0 Å². The van der Waals surface area contributed by atoms with Crippen LogP contribution < -0.4 is 5.32 Å². The van der Waals surface area contributed by atoms with Crippen molar-refractivity contribution >= 4 is 0 Å². The van der Waals surface area contributed by atoms with Gasteiger partial charge in [-0.15, -0.1) is 0 Å². The van der Waals surface area contributed by atoms with E-state index in [4.69, 9.17) is 0 Å². The smallest absolute Gasteiger partial charge is 0.0485 e. The second-order valence-electron chi connectivity index (χ2n) is 3.64. The van der Waals surface area contributed by atoms with Gasteiger partial charge in [0.05, 0.1) is 0 Å². The molecular weight excluding hydrogens is 112 g/mol. The molecule has 2 unspecified atom stereocenters. The van der Waals surface area contributed by atoms with Crippen LogP contribution in [-0.2, 0) is 0 Å². The maximum absolute atomic E-state index is 3.39. The molecule has 0 aromatic heterocycles. The van der Waals surface area contributed by atoms with Crippen LogP contribution in [0.1, 0.15) is 12.8 Å². The zero-order chi connectivity index (χ0) is 5.90. The maximum atomic E-state index is 3.39. The van der Waals surface area contributed by atoms with E-state index in [1.807, 2.05) is 0 Å². The van der Waals surface area contributed by atoms with E-state index < -0.39 is 0 Å². The van der Waals surface area contributed by atoms with E-state index in [1.165, 1.54) is 25.9 Å². The number of hydrogen-bond acceptors (Lipinski definition) is 2. The lowest BCUT2D eigenvalue weighted by Crippen LogP contribution is -2.58. The van der Waals surface area contributed by atoms with Gasteiger partial charge in [0, 0.05) is 18.8 Å². The predicted molar refractivity (Wildman–Crippen MR) is 35.0 cm³/mol. The molecule has 1 spiro atoms. The van der Waals surface area contributed by atoms with Gasteiger partial charge in [-0.1, -0.05) is 0 Å². The fraction of sp³-hybridized carbons (Fsp3) is 1.00. The number of hydrogen-bond donors (Lipinski definition) is 1. The summed E-state index contributed by atoms with van der Waals surface area (Å²) in [4.78, 5) is 2.60. The van der Waals surface area contributed by atoms with Gasteiger partial charge in [-0.2, -0.15) is 0 Å². The van der Waals surface area contributed by atoms with Crippen molar-refractivity contribution < 1.29 is 0 Å². The van der Waals surface area contributed by atoms with E-state index in [2.05, 4.69) is 10.2 Å². The third kappa shape index (κ3) is 0.383. The summed E-state index contributed by atoms with van der Waals surface area (Å²) in [6.45, 7) is 3.80. The minimum Gasteiger partial charge on any atom is -0.304 e. The summed E-state index contributed by atoms with van der Waals surface area (Å²) in [6.07, 6.45) is 2.92. The zero-order valence-corrected chi connectivity index (χ0v) is 5.56. The molecule has 3 fully saturated rings. The lowest BCUT2D eigenvalue weighted by atomic mass is 9.98. The van der Waals surface area contributed by atoms with Crippen LogP contribution in [0.4, 0.5) is 0 Å². The highest BCUT2D eigenvalue weighted by atomic mass is 15.4. The molecule has 2 saturated heterocycles. The van der Waals surface area contributed by atoms with Crippen molar-refractivity contribution in [1.82, 2.24) is 10.2 Å². The van der Waals surface area contributed by atoms with Gasteiger partial charge in [-0.05, 0) is 25.3 Å². The maximum Gasteiger partial charge on any atom is 0.0485 e. The van der Waals surface area contributed by atoms with Gasteiger partial charge in [0.1, 0.15) is 0 Å².